The van der Waals surface area contributed by atoms with Gasteiger partial charge in [0, 0.05) is 4.90 Å². The maximum Gasteiger partial charge on any atom is 0.0770 e. The van der Waals surface area contributed by atoms with Crippen molar-refractivity contribution in [3.05, 3.63) is 41.3 Å². The van der Waals surface area contributed by atoms with E-state index in [1.165, 1.54) is 41.9 Å². The molecule has 2 aliphatic heterocycles. The number of allylic oxidation sites excluding steroid dienone is 1. The van der Waals surface area contributed by atoms with Crippen LogP contribution in [0.2, 0.25) is 0 Å². The van der Waals surface area contributed by atoms with Crippen LogP contribution in [0, 0.1) is 5.92 Å². The molecule has 0 N–H and O–H groups in total. The number of ether oxygens (including phenoxy) is 1. The molecule has 0 unspecified atom stereocenters. The van der Waals surface area contributed by atoms with E-state index in [0.717, 1.165) is 0 Å². The quantitative estimate of drug-likeness (QED) is 0.748. The van der Waals surface area contributed by atoms with Crippen LogP contribution in [-0.4, -0.2) is 12.2 Å². The fraction of sp³-hybridized carbons (Fsp3) is 0.529. The predicted molar refractivity (Wildman–Crippen MR) is 81.3 cm³/mol. The van der Waals surface area contributed by atoms with Crippen molar-refractivity contribution in [1.29, 1.82) is 0 Å². The first-order valence-corrected chi connectivity index (χ1v) is 8.22. The van der Waals surface area contributed by atoms with Crippen LogP contribution in [0.1, 0.15) is 39.0 Å². The molecule has 102 valence electrons. The van der Waals surface area contributed by atoms with Gasteiger partial charge in [-0.1, -0.05) is 49.7 Å². The summed E-state index contributed by atoms with van der Waals surface area (Å²) in [4.78, 5) is 2.84. The van der Waals surface area contributed by atoms with Crippen LogP contribution < -0.4 is 0 Å². The van der Waals surface area contributed by atoms with Crippen molar-refractivity contribution < 1.29 is 4.74 Å². The Bertz CT molecular complexity index is 440. The van der Waals surface area contributed by atoms with Crippen molar-refractivity contribution in [3.8, 4) is 0 Å². The molecule has 2 heterocycles. The van der Waals surface area contributed by atoms with Gasteiger partial charge in [0.1, 0.15) is 0 Å². The molecule has 0 aliphatic carbocycles. The van der Waals surface area contributed by atoms with Crippen molar-refractivity contribution in [2.24, 2.45) is 5.92 Å². The summed E-state index contributed by atoms with van der Waals surface area (Å²) in [7, 11) is 0. The van der Waals surface area contributed by atoms with E-state index in [1.807, 2.05) is 11.8 Å². The van der Waals surface area contributed by atoms with Gasteiger partial charge in [-0.3, -0.25) is 0 Å². The van der Waals surface area contributed by atoms with Gasteiger partial charge in [-0.2, -0.15) is 0 Å². The van der Waals surface area contributed by atoms with Crippen LogP contribution in [0.4, 0.5) is 0 Å². The van der Waals surface area contributed by atoms with E-state index < -0.39 is 0 Å². The molecule has 0 radical (unpaired) electrons. The van der Waals surface area contributed by atoms with Crippen LogP contribution in [0.5, 0.6) is 0 Å². The second kappa shape index (κ2) is 6.15. The average Bonchev–Trinajstić information content (AvgIpc) is 2.72. The van der Waals surface area contributed by atoms with E-state index in [-0.39, 0.29) is 0 Å². The van der Waals surface area contributed by atoms with Gasteiger partial charge in [0.15, 0.2) is 0 Å². The lowest BCUT2D eigenvalue weighted by atomic mass is 9.96. The standard InChI is InChI=1S/C17H22OS/c1-13-11-16(19-15-8-3-2-4-9-15)12-14-7-5-6-10-17(13)18-14/h2-4,8-9,12-14,17H,5-7,10-11H2,1H3/t13-,14-,17+/m1/s1. The SMILES string of the molecule is C[C@@H]1CC(Sc2ccccc2)=C[C@H]2CCCC[C@@H]1O2. The lowest BCUT2D eigenvalue weighted by Crippen LogP contribution is -2.22. The van der Waals surface area contributed by atoms with E-state index in [2.05, 4.69) is 43.3 Å². The van der Waals surface area contributed by atoms with Gasteiger partial charge < -0.3 is 4.74 Å². The van der Waals surface area contributed by atoms with Crippen molar-refractivity contribution in [3.63, 3.8) is 0 Å². The summed E-state index contributed by atoms with van der Waals surface area (Å²) in [6.07, 6.45) is 9.46. The monoisotopic (exact) mass is 274 g/mol. The van der Waals surface area contributed by atoms with Crippen LogP contribution in [0.3, 0.4) is 0 Å². The summed E-state index contributed by atoms with van der Waals surface area (Å²) in [6.45, 7) is 2.35. The largest absolute Gasteiger partial charge is 0.371 e. The third kappa shape index (κ3) is 3.43. The van der Waals surface area contributed by atoms with Crippen LogP contribution in [0.15, 0.2) is 46.2 Å². The summed E-state index contributed by atoms with van der Waals surface area (Å²) >= 11 is 1.92. The van der Waals surface area contributed by atoms with Gasteiger partial charge in [0.2, 0.25) is 0 Å². The molecule has 0 aromatic heterocycles. The summed E-state index contributed by atoms with van der Waals surface area (Å²) in [5.74, 6) is 0.644. The van der Waals surface area contributed by atoms with Crippen molar-refractivity contribution >= 4 is 11.8 Å². The van der Waals surface area contributed by atoms with Gasteiger partial charge >= 0.3 is 0 Å². The minimum atomic E-state index is 0.351. The number of hydrogen-bond donors (Lipinski definition) is 0. The lowest BCUT2D eigenvalue weighted by Gasteiger charge is -2.22. The zero-order valence-corrected chi connectivity index (χ0v) is 12.4. The molecule has 2 bridgehead atoms. The third-order valence-electron chi connectivity index (χ3n) is 4.10. The van der Waals surface area contributed by atoms with E-state index in [0.29, 0.717) is 18.1 Å². The smallest absolute Gasteiger partial charge is 0.0770 e. The fourth-order valence-corrected chi connectivity index (χ4v) is 4.19. The minimum absolute atomic E-state index is 0.351. The molecule has 0 saturated carbocycles. The normalized spacial score (nSPS) is 31.2. The van der Waals surface area contributed by atoms with Crippen molar-refractivity contribution in [2.45, 2.75) is 56.1 Å². The van der Waals surface area contributed by atoms with Crippen LogP contribution >= 0.6 is 11.8 Å². The molecule has 2 heteroatoms. The lowest BCUT2D eigenvalue weighted by molar-refractivity contribution is -0.00774. The molecule has 1 aromatic rings. The zero-order valence-electron chi connectivity index (χ0n) is 11.5. The molecule has 19 heavy (non-hydrogen) atoms. The van der Waals surface area contributed by atoms with Crippen LogP contribution in [0.25, 0.3) is 0 Å². The van der Waals surface area contributed by atoms with E-state index in [4.69, 9.17) is 4.74 Å². The second-order valence-corrected chi connectivity index (χ2v) is 6.93. The minimum Gasteiger partial charge on any atom is -0.371 e. The maximum absolute atomic E-state index is 6.26. The number of benzene rings is 1. The molecule has 1 fully saturated rings. The Morgan fingerprint density at radius 2 is 1.89 bits per heavy atom. The summed E-state index contributed by atoms with van der Waals surface area (Å²) in [5.41, 5.74) is 0. The Morgan fingerprint density at radius 3 is 2.74 bits per heavy atom. The molecule has 1 saturated heterocycles. The topological polar surface area (TPSA) is 9.23 Å². The van der Waals surface area contributed by atoms with Gasteiger partial charge in [-0.25, -0.2) is 0 Å². The third-order valence-corrected chi connectivity index (χ3v) is 5.17. The Balaban J connectivity index is 1.77. The Morgan fingerprint density at radius 1 is 1.11 bits per heavy atom. The number of thioether (sulfide) groups is 1. The Hall–Kier alpha value is -0.730. The highest BCUT2D eigenvalue weighted by Crippen LogP contribution is 2.38. The number of fused-ring (bicyclic) bond motifs is 2. The zero-order chi connectivity index (χ0) is 13.1. The highest BCUT2D eigenvalue weighted by Gasteiger charge is 2.28. The number of hydrogen-bond acceptors (Lipinski definition) is 2. The second-order valence-electron chi connectivity index (χ2n) is 5.73. The fourth-order valence-electron chi connectivity index (χ4n) is 3.03. The Kier molecular flexibility index (Phi) is 4.29. The first-order chi connectivity index (χ1) is 9.31. The molecule has 0 spiro atoms. The number of rotatable bonds is 2. The van der Waals surface area contributed by atoms with E-state index in [1.54, 1.807) is 0 Å². The van der Waals surface area contributed by atoms with Gasteiger partial charge in [0.25, 0.3) is 0 Å². The average molecular weight is 274 g/mol. The van der Waals surface area contributed by atoms with E-state index >= 15 is 0 Å². The highest BCUT2D eigenvalue weighted by molar-refractivity contribution is 8.03. The Labute approximate surface area is 120 Å². The predicted octanol–water partition coefficient (Wildman–Crippen LogP) is 5.03. The summed E-state index contributed by atoms with van der Waals surface area (Å²) in [5, 5.41) is 0. The highest BCUT2D eigenvalue weighted by atomic mass is 32.2. The van der Waals surface area contributed by atoms with Crippen LogP contribution in [-0.2, 0) is 4.74 Å². The van der Waals surface area contributed by atoms with Gasteiger partial charge in [-0.05, 0) is 48.3 Å². The van der Waals surface area contributed by atoms with Gasteiger partial charge in [-0.15, -0.1) is 0 Å². The van der Waals surface area contributed by atoms with Crippen molar-refractivity contribution in [1.82, 2.24) is 0 Å². The molecule has 1 nitrogen and oxygen atoms in total. The molecule has 3 atom stereocenters. The summed E-state index contributed by atoms with van der Waals surface area (Å²) < 4.78 is 6.26. The molecular weight excluding hydrogens is 252 g/mol. The van der Waals surface area contributed by atoms with Gasteiger partial charge in [0.05, 0.1) is 12.2 Å². The maximum atomic E-state index is 6.26. The first-order valence-electron chi connectivity index (χ1n) is 7.40. The molecule has 0 amide bonds. The first kappa shape index (κ1) is 13.3. The van der Waals surface area contributed by atoms with E-state index in [9.17, 15) is 0 Å². The molecule has 1 aromatic carbocycles. The molecule has 2 aliphatic rings. The van der Waals surface area contributed by atoms with Crippen molar-refractivity contribution in [2.75, 3.05) is 0 Å². The molecular formula is C17H22OS. The molecule has 3 rings (SSSR count). The summed E-state index contributed by atoms with van der Waals surface area (Å²) in [6, 6.07) is 10.7.